The van der Waals surface area contributed by atoms with Gasteiger partial charge in [0.15, 0.2) is 0 Å². The smallest absolute Gasteiger partial charge is 0.229 e. The minimum atomic E-state index is 0.592. The highest BCUT2D eigenvalue weighted by molar-refractivity contribution is 6.07. The van der Waals surface area contributed by atoms with Crippen LogP contribution in [0.25, 0.3) is 27.8 Å². The van der Waals surface area contributed by atoms with Crippen LogP contribution in [0, 0.1) is 0 Å². The molecule has 0 atom stereocenters. The molecule has 0 N–H and O–H groups in total. The van der Waals surface area contributed by atoms with Crippen molar-refractivity contribution in [1.82, 2.24) is 30.0 Å². The molecule has 0 spiro atoms. The maximum atomic E-state index is 6.04. The van der Waals surface area contributed by atoms with Gasteiger partial charge in [-0.2, -0.15) is 4.52 Å². The minimum Gasteiger partial charge on any atom is -0.432 e. The first kappa shape index (κ1) is 12.9. The van der Waals surface area contributed by atoms with E-state index in [-0.39, 0.29) is 0 Å². The molecular formula is C16H16N6O. The fourth-order valence-electron chi connectivity index (χ4n) is 3.70. The second-order valence-corrected chi connectivity index (χ2v) is 6.12. The Morgan fingerprint density at radius 3 is 2.96 bits per heavy atom. The molecule has 116 valence electrons. The van der Waals surface area contributed by atoms with Crippen LogP contribution in [0.2, 0.25) is 0 Å². The van der Waals surface area contributed by atoms with E-state index in [1.54, 1.807) is 6.33 Å². The molecule has 1 aliphatic carbocycles. The van der Waals surface area contributed by atoms with E-state index < -0.39 is 0 Å². The van der Waals surface area contributed by atoms with Gasteiger partial charge in [-0.1, -0.05) is 13.3 Å². The van der Waals surface area contributed by atoms with Crippen LogP contribution in [0.15, 0.2) is 10.7 Å². The third-order valence-corrected chi connectivity index (χ3v) is 4.70. The van der Waals surface area contributed by atoms with E-state index in [1.165, 1.54) is 34.2 Å². The zero-order chi connectivity index (χ0) is 15.4. The predicted molar refractivity (Wildman–Crippen MR) is 84.3 cm³/mol. The van der Waals surface area contributed by atoms with Crippen LogP contribution in [-0.2, 0) is 19.3 Å². The molecule has 7 nitrogen and oxygen atoms in total. The Morgan fingerprint density at radius 1 is 1.22 bits per heavy atom. The lowest BCUT2D eigenvalue weighted by Gasteiger charge is -2.19. The van der Waals surface area contributed by atoms with Crippen molar-refractivity contribution in [2.75, 3.05) is 0 Å². The van der Waals surface area contributed by atoms with Crippen LogP contribution in [-0.4, -0.2) is 30.0 Å². The van der Waals surface area contributed by atoms with Gasteiger partial charge in [-0.05, 0) is 53.7 Å². The average molecular weight is 308 g/mol. The van der Waals surface area contributed by atoms with Crippen molar-refractivity contribution in [3.8, 4) is 0 Å². The number of hydrogen-bond acceptors (Lipinski definition) is 6. The van der Waals surface area contributed by atoms with Gasteiger partial charge >= 0.3 is 0 Å². The highest BCUT2D eigenvalue weighted by Gasteiger charge is 2.24. The molecule has 4 aromatic rings. The van der Waals surface area contributed by atoms with E-state index in [2.05, 4.69) is 27.4 Å². The lowest BCUT2D eigenvalue weighted by molar-refractivity contribution is 0.637. The van der Waals surface area contributed by atoms with Crippen molar-refractivity contribution in [2.45, 2.75) is 45.4 Å². The normalized spacial score (nSPS) is 14.8. The number of pyridine rings is 1. The number of nitrogens with zero attached hydrogens (tertiary/aromatic N) is 6. The SMILES string of the molecule is CCCc1nc2oc3c(ncn4nnnc34)c2c2c1CCCC2. The monoisotopic (exact) mass is 308 g/mol. The summed E-state index contributed by atoms with van der Waals surface area (Å²) in [4.78, 5) is 9.36. The van der Waals surface area contributed by atoms with Gasteiger partial charge in [0, 0.05) is 5.69 Å². The van der Waals surface area contributed by atoms with Crippen LogP contribution >= 0.6 is 0 Å². The zero-order valence-electron chi connectivity index (χ0n) is 12.9. The molecule has 23 heavy (non-hydrogen) atoms. The van der Waals surface area contributed by atoms with E-state index in [1.807, 2.05) is 0 Å². The largest absolute Gasteiger partial charge is 0.432 e. The second kappa shape index (κ2) is 4.71. The summed E-state index contributed by atoms with van der Waals surface area (Å²) in [5, 5.41) is 12.7. The first-order valence-electron chi connectivity index (χ1n) is 8.16. The maximum Gasteiger partial charge on any atom is 0.229 e. The summed E-state index contributed by atoms with van der Waals surface area (Å²) in [6.07, 6.45) is 8.33. The number of aryl methyl sites for hydroxylation is 2. The Balaban J connectivity index is 1.94. The Kier molecular flexibility index (Phi) is 2.65. The van der Waals surface area contributed by atoms with Crippen molar-refractivity contribution >= 4 is 27.8 Å². The highest BCUT2D eigenvalue weighted by Crippen LogP contribution is 2.36. The summed E-state index contributed by atoms with van der Waals surface area (Å²) in [5.74, 6) is 0. The summed E-state index contributed by atoms with van der Waals surface area (Å²) in [6, 6.07) is 0. The van der Waals surface area contributed by atoms with E-state index >= 15 is 0 Å². The quantitative estimate of drug-likeness (QED) is 0.566. The molecule has 1 aliphatic rings. The third-order valence-electron chi connectivity index (χ3n) is 4.70. The van der Waals surface area contributed by atoms with E-state index in [0.29, 0.717) is 16.9 Å². The fraction of sp³-hybridized carbons (Fsp3) is 0.438. The zero-order valence-corrected chi connectivity index (χ0v) is 12.9. The van der Waals surface area contributed by atoms with Crippen LogP contribution in [0.4, 0.5) is 0 Å². The summed E-state index contributed by atoms with van der Waals surface area (Å²) in [7, 11) is 0. The molecule has 0 radical (unpaired) electrons. The standard InChI is InChI=1S/C16H16N6O/c1-2-5-11-9-6-3-4-7-10(9)12-13-14(23-16(12)18-11)15-19-20-21-22(15)8-17-13/h8H,2-7H2,1H3. The molecule has 0 saturated heterocycles. The van der Waals surface area contributed by atoms with Gasteiger partial charge in [-0.25, -0.2) is 9.97 Å². The molecule has 0 bridgehead atoms. The van der Waals surface area contributed by atoms with Gasteiger partial charge in [-0.15, -0.1) is 5.10 Å². The topological polar surface area (TPSA) is 82.0 Å². The molecule has 0 fully saturated rings. The lowest BCUT2D eigenvalue weighted by Crippen LogP contribution is -2.09. The van der Waals surface area contributed by atoms with Gasteiger partial charge in [0.2, 0.25) is 16.9 Å². The maximum absolute atomic E-state index is 6.04. The first-order chi connectivity index (χ1) is 11.4. The molecule has 4 heterocycles. The molecule has 0 saturated carbocycles. The lowest BCUT2D eigenvalue weighted by atomic mass is 9.88. The van der Waals surface area contributed by atoms with Crippen molar-refractivity contribution in [2.24, 2.45) is 0 Å². The molecule has 0 aliphatic heterocycles. The molecule has 5 rings (SSSR count). The van der Waals surface area contributed by atoms with E-state index in [9.17, 15) is 0 Å². The minimum absolute atomic E-state index is 0.592. The van der Waals surface area contributed by atoms with Gasteiger partial charge < -0.3 is 4.42 Å². The number of furan rings is 1. The average Bonchev–Trinajstić information content (AvgIpc) is 3.18. The number of tetrazole rings is 1. The molecule has 0 aromatic carbocycles. The second-order valence-electron chi connectivity index (χ2n) is 6.12. The Labute approximate surface area is 131 Å². The van der Waals surface area contributed by atoms with Crippen molar-refractivity contribution in [3.05, 3.63) is 23.1 Å². The fourth-order valence-corrected chi connectivity index (χ4v) is 3.70. The summed E-state index contributed by atoms with van der Waals surface area (Å²) >= 11 is 0. The van der Waals surface area contributed by atoms with Crippen LogP contribution < -0.4 is 0 Å². The third kappa shape index (κ3) is 1.73. The Hall–Kier alpha value is -2.57. The summed E-state index contributed by atoms with van der Waals surface area (Å²) < 4.78 is 7.57. The van der Waals surface area contributed by atoms with Gasteiger partial charge in [0.05, 0.1) is 5.39 Å². The van der Waals surface area contributed by atoms with Gasteiger partial charge in [-0.3, -0.25) is 0 Å². The first-order valence-corrected chi connectivity index (χ1v) is 8.16. The highest BCUT2D eigenvalue weighted by atomic mass is 16.3. The number of hydrogen-bond donors (Lipinski definition) is 0. The number of aromatic nitrogens is 6. The molecular weight excluding hydrogens is 292 g/mol. The van der Waals surface area contributed by atoms with Crippen molar-refractivity contribution in [3.63, 3.8) is 0 Å². The predicted octanol–water partition coefficient (Wildman–Crippen LogP) is 2.65. The summed E-state index contributed by atoms with van der Waals surface area (Å²) in [5.41, 5.74) is 6.69. The van der Waals surface area contributed by atoms with Crippen LogP contribution in [0.3, 0.4) is 0 Å². The van der Waals surface area contributed by atoms with E-state index in [4.69, 9.17) is 9.40 Å². The molecule has 0 unspecified atom stereocenters. The van der Waals surface area contributed by atoms with Crippen LogP contribution in [0.5, 0.6) is 0 Å². The molecule has 4 aromatic heterocycles. The molecule has 0 amide bonds. The van der Waals surface area contributed by atoms with E-state index in [0.717, 1.165) is 36.6 Å². The van der Waals surface area contributed by atoms with Gasteiger partial charge in [0.1, 0.15) is 11.8 Å². The summed E-state index contributed by atoms with van der Waals surface area (Å²) in [6.45, 7) is 2.19. The number of rotatable bonds is 2. The number of fused-ring (bicyclic) bond motifs is 7. The Morgan fingerprint density at radius 2 is 2.09 bits per heavy atom. The Bertz CT molecular complexity index is 1050. The molecule has 7 heteroatoms. The van der Waals surface area contributed by atoms with Crippen molar-refractivity contribution in [1.29, 1.82) is 0 Å². The van der Waals surface area contributed by atoms with Crippen molar-refractivity contribution < 1.29 is 4.42 Å². The van der Waals surface area contributed by atoms with Crippen LogP contribution in [0.1, 0.15) is 43.0 Å². The van der Waals surface area contributed by atoms with Gasteiger partial charge in [0.25, 0.3) is 0 Å².